The predicted molar refractivity (Wildman–Crippen MR) is 141 cm³/mol. The number of benzene rings is 4. The first-order chi connectivity index (χ1) is 17.0. The third-order valence-corrected chi connectivity index (χ3v) is 10.6. The van der Waals surface area contributed by atoms with Crippen LogP contribution in [0.3, 0.4) is 0 Å². The maximum atomic E-state index is 13.4. The molecule has 0 spiro atoms. The standard InChI is InChI=1S/C30H29NO3Si/c1-35(25-16-7-3-8-17-25,26-18-9-4-10-19-26)34-23-13-22-31-29(32)27-20-11-12-21-28(27)30(31,33)24-14-5-2-6-15-24/h2-12,14-21,33H,13,22-23H2,1H3. The van der Waals surface area contributed by atoms with Gasteiger partial charge in [-0.05, 0) is 29.4 Å². The van der Waals surface area contributed by atoms with Gasteiger partial charge in [0.1, 0.15) is 0 Å². The van der Waals surface area contributed by atoms with Crippen molar-refractivity contribution in [3.05, 3.63) is 132 Å². The molecule has 0 aromatic heterocycles. The van der Waals surface area contributed by atoms with Crippen molar-refractivity contribution in [2.24, 2.45) is 0 Å². The Morgan fingerprint density at radius 2 is 1.29 bits per heavy atom. The van der Waals surface area contributed by atoms with Crippen molar-refractivity contribution in [3.8, 4) is 0 Å². The Labute approximate surface area is 207 Å². The molecule has 176 valence electrons. The summed E-state index contributed by atoms with van der Waals surface area (Å²) in [7, 11) is -2.42. The number of amides is 1. The number of carbonyl (C=O) groups excluding carboxylic acids is 1. The summed E-state index contributed by atoms with van der Waals surface area (Å²) in [6.07, 6.45) is 0.608. The van der Waals surface area contributed by atoms with E-state index in [1.807, 2.05) is 84.9 Å². The van der Waals surface area contributed by atoms with Gasteiger partial charge >= 0.3 is 0 Å². The van der Waals surface area contributed by atoms with Crippen molar-refractivity contribution in [1.82, 2.24) is 4.90 Å². The number of hydrogen-bond acceptors (Lipinski definition) is 3. The Hall–Kier alpha value is -3.51. The maximum absolute atomic E-state index is 13.4. The Bertz CT molecular complexity index is 1260. The highest BCUT2D eigenvalue weighted by atomic mass is 28.4. The van der Waals surface area contributed by atoms with Crippen molar-refractivity contribution >= 4 is 24.6 Å². The molecule has 0 radical (unpaired) electrons. The lowest BCUT2D eigenvalue weighted by molar-refractivity contribution is -0.0512. The number of aliphatic hydroxyl groups is 1. The smallest absolute Gasteiger partial charge is 0.257 e. The van der Waals surface area contributed by atoms with Crippen LogP contribution in [0.5, 0.6) is 0 Å². The summed E-state index contributed by atoms with van der Waals surface area (Å²) >= 11 is 0. The van der Waals surface area contributed by atoms with Crippen LogP contribution >= 0.6 is 0 Å². The highest BCUT2D eigenvalue weighted by molar-refractivity contribution is 6.96. The first-order valence-electron chi connectivity index (χ1n) is 12.0. The van der Waals surface area contributed by atoms with E-state index in [4.69, 9.17) is 4.43 Å². The zero-order chi connectivity index (χ0) is 24.3. The molecule has 0 saturated carbocycles. The van der Waals surface area contributed by atoms with E-state index in [2.05, 4.69) is 30.8 Å². The minimum absolute atomic E-state index is 0.155. The predicted octanol–water partition coefficient (Wildman–Crippen LogP) is 4.13. The third kappa shape index (κ3) is 4.12. The van der Waals surface area contributed by atoms with Gasteiger partial charge in [-0.25, -0.2) is 0 Å². The summed E-state index contributed by atoms with van der Waals surface area (Å²) < 4.78 is 6.67. The number of hydrogen-bond donors (Lipinski definition) is 1. The van der Waals surface area contributed by atoms with Gasteiger partial charge in [0.2, 0.25) is 0 Å². The fourth-order valence-corrected chi connectivity index (χ4v) is 7.88. The van der Waals surface area contributed by atoms with Crippen molar-refractivity contribution < 1.29 is 14.3 Å². The van der Waals surface area contributed by atoms with Crippen LogP contribution in [0.1, 0.15) is 27.9 Å². The Balaban J connectivity index is 1.38. The number of fused-ring (bicyclic) bond motifs is 1. The van der Waals surface area contributed by atoms with Gasteiger partial charge in [0.05, 0.1) is 0 Å². The monoisotopic (exact) mass is 479 g/mol. The van der Waals surface area contributed by atoms with Crippen LogP contribution in [-0.4, -0.2) is 37.4 Å². The molecule has 1 N–H and O–H groups in total. The molecule has 1 heterocycles. The number of nitrogens with zero attached hydrogens (tertiary/aromatic N) is 1. The Morgan fingerprint density at radius 1 is 0.771 bits per heavy atom. The van der Waals surface area contributed by atoms with Crippen LogP contribution in [-0.2, 0) is 10.2 Å². The van der Waals surface area contributed by atoms with Gasteiger partial charge in [-0.15, -0.1) is 0 Å². The van der Waals surface area contributed by atoms with Gasteiger partial charge < -0.3 is 14.4 Å². The third-order valence-electron chi connectivity index (χ3n) is 6.91. The largest absolute Gasteiger partial charge is 0.408 e. The highest BCUT2D eigenvalue weighted by Gasteiger charge is 2.49. The van der Waals surface area contributed by atoms with Crippen LogP contribution < -0.4 is 10.4 Å². The number of rotatable bonds is 8. The molecule has 5 heteroatoms. The van der Waals surface area contributed by atoms with Gasteiger partial charge in [-0.3, -0.25) is 4.79 Å². The lowest BCUT2D eigenvalue weighted by Gasteiger charge is -2.35. The minimum Gasteiger partial charge on any atom is -0.408 e. The summed E-state index contributed by atoms with van der Waals surface area (Å²) in [4.78, 5) is 14.9. The fourth-order valence-electron chi connectivity index (χ4n) is 5.00. The van der Waals surface area contributed by atoms with Crippen LogP contribution in [0, 0.1) is 0 Å². The van der Waals surface area contributed by atoms with E-state index in [0.717, 1.165) is 0 Å². The van der Waals surface area contributed by atoms with Crippen LogP contribution in [0.4, 0.5) is 0 Å². The van der Waals surface area contributed by atoms with Crippen molar-refractivity contribution in [2.75, 3.05) is 13.2 Å². The van der Waals surface area contributed by atoms with Gasteiger partial charge in [0.15, 0.2) is 5.72 Å². The molecule has 4 aromatic carbocycles. The first-order valence-corrected chi connectivity index (χ1v) is 14.4. The zero-order valence-corrected chi connectivity index (χ0v) is 20.8. The second-order valence-corrected chi connectivity index (χ2v) is 12.5. The molecule has 0 bridgehead atoms. The van der Waals surface area contributed by atoms with Gasteiger partial charge in [0.25, 0.3) is 14.2 Å². The first kappa shape index (κ1) is 23.2. The second-order valence-electron chi connectivity index (χ2n) is 9.01. The molecular weight excluding hydrogens is 450 g/mol. The van der Waals surface area contributed by atoms with Crippen molar-refractivity contribution in [2.45, 2.75) is 18.7 Å². The van der Waals surface area contributed by atoms with Gasteiger partial charge in [-0.1, -0.05) is 109 Å². The van der Waals surface area contributed by atoms with E-state index < -0.39 is 14.0 Å². The maximum Gasteiger partial charge on any atom is 0.257 e. The molecule has 5 rings (SSSR count). The molecule has 35 heavy (non-hydrogen) atoms. The Morgan fingerprint density at radius 3 is 1.89 bits per heavy atom. The molecule has 0 aliphatic carbocycles. The summed E-state index contributed by atoms with van der Waals surface area (Å²) in [6, 6.07) is 37.5. The average molecular weight is 480 g/mol. The normalized spacial score (nSPS) is 17.4. The van der Waals surface area contributed by atoms with E-state index in [1.54, 1.807) is 11.0 Å². The van der Waals surface area contributed by atoms with E-state index in [9.17, 15) is 9.90 Å². The molecule has 4 aromatic rings. The summed E-state index contributed by atoms with van der Waals surface area (Å²) in [5.74, 6) is -0.155. The minimum atomic E-state index is -2.42. The lowest BCUT2D eigenvalue weighted by atomic mass is 9.94. The average Bonchev–Trinajstić information content (AvgIpc) is 3.15. The molecule has 1 amide bonds. The molecular formula is C30H29NO3Si. The molecule has 0 saturated heterocycles. The molecule has 0 fully saturated rings. The second kappa shape index (κ2) is 9.62. The SMILES string of the molecule is C[Si](OCCCN1C(=O)c2ccccc2C1(O)c1ccccc1)(c1ccccc1)c1ccccc1. The molecule has 1 unspecified atom stereocenters. The van der Waals surface area contributed by atoms with Crippen molar-refractivity contribution in [1.29, 1.82) is 0 Å². The summed E-state index contributed by atoms with van der Waals surface area (Å²) in [5, 5.41) is 14.3. The van der Waals surface area contributed by atoms with Crippen LogP contribution in [0.15, 0.2) is 115 Å². The van der Waals surface area contributed by atoms with Crippen molar-refractivity contribution in [3.63, 3.8) is 0 Å². The molecule has 1 aliphatic rings. The van der Waals surface area contributed by atoms with Crippen LogP contribution in [0.2, 0.25) is 6.55 Å². The zero-order valence-electron chi connectivity index (χ0n) is 19.8. The fraction of sp³-hybridized carbons (Fsp3) is 0.167. The van der Waals surface area contributed by atoms with Crippen LogP contribution in [0.25, 0.3) is 0 Å². The van der Waals surface area contributed by atoms with E-state index in [0.29, 0.717) is 36.3 Å². The summed E-state index contributed by atoms with van der Waals surface area (Å²) in [5.41, 5.74) is 0.374. The quantitative estimate of drug-likeness (QED) is 0.305. The summed E-state index contributed by atoms with van der Waals surface area (Å²) in [6.45, 7) is 3.08. The van der Waals surface area contributed by atoms with E-state index in [-0.39, 0.29) is 5.91 Å². The highest BCUT2D eigenvalue weighted by Crippen LogP contribution is 2.42. The molecule has 4 nitrogen and oxygen atoms in total. The Kier molecular flexibility index (Phi) is 6.39. The van der Waals surface area contributed by atoms with E-state index >= 15 is 0 Å². The lowest BCUT2D eigenvalue weighted by Crippen LogP contribution is -2.58. The molecule has 1 aliphatic heterocycles. The van der Waals surface area contributed by atoms with Gasteiger partial charge in [-0.2, -0.15) is 0 Å². The molecule has 1 atom stereocenters. The number of carbonyl (C=O) groups is 1. The topological polar surface area (TPSA) is 49.8 Å². The van der Waals surface area contributed by atoms with Gasteiger partial charge in [0, 0.05) is 29.8 Å². The van der Waals surface area contributed by atoms with E-state index in [1.165, 1.54) is 10.4 Å².